The Bertz CT molecular complexity index is 658. The second-order valence-corrected chi connectivity index (χ2v) is 10.2. The number of hydrogen-bond acceptors (Lipinski definition) is 6. The summed E-state index contributed by atoms with van der Waals surface area (Å²) >= 11 is 0. The Hall–Kier alpha value is -1.47. The van der Waals surface area contributed by atoms with Gasteiger partial charge >= 0.3 is 5.97 Å². The van der Waals surface area contributed by atoms with Gasteiger partial charge in [-0.3, -0.25) is 0 Å². The molecular weight excluding hydrogens is 456 g/mol. The third-order valence-electron chi connectivity index (χ3n) is 7.40. The summed E-state index contributed by atoms with van der Waals surface area (Å²) in [5.74, 6) is -0.780. The highest BCUT2D eigenvalue weighted by atomic mass is 16.6. The molecule has 0 fully saturated rings. The number of aliphatic hydroxyl groups excluding tert-OH is 4. The van der Waals surface area contributed by atoms with Gasteiger partial charge in [0, 0.05) is 6.42 Å². The second-order valence-electron chi connectivity index (χ2n) is 10.2. The Balaban J connectivity index is 3.43. The maximum absolute atomic E-state index is 13.2. The highest BCUT2D eigenvalue weighted by Gasteiger charge is 2.56. The first-order valence-electron chi connectivity index (χ1n) is 14.3. The molecule has 1 aromatic rings. The zero-order valence-corrected chi connectivity index (χ0v) is 23.1. The number of esters is 1. The van der Waals surface area contributed by atoms with E-state index in [-0.39, 0.29) is 6.42 Å². The predicted octanol–water partition coefficient (Wildman–Crippen LogP) is 5.33. The van der Waals surface area contributed by atoms with E-state index in [2.05, 4.69) is 0 Å². The summed E-state index contributed by atoms with van der Waals surface area (Å²) in [7, 11) is 0. The monoisotopic (exact) mass is 508 g/mol. The van der Waals surface area contributed by atoms with Crippen LogP contribution in [0.15, 0.2) is 30.3 Å². The number of carbonyl (C=O) groups excluding carboxylic acids is 1. The molecule has 4 N–H and O–H groups in total. The van der Waals surface area contributed by atoms with E-state index < -0.39 is 41.9 Å². The number of hydrogen-bond donors (Lipinski definition) is 4. The first-order chi connectivity index (χ1) is 17.3. The largest absolute Gasteiger partial charge is 0.460 e. The third kappa shape index (κ3) is 9.44. The molecule has 0 aliphatic carbocycles. The molecule has 0 spiro atoms. The third-order valence-corrected chi connectivity index (χ3v) is 7.40. The summed E-state index contributed by atoms with van der Waals surface area (Å²) in [5.41, 5.74) is -0.608. The maximum Gasteiger partial charge on any atom is 0.335 e. The summed E-state index contributed by atoms with van der Waals surface area (Å²) in [4.78, 5) is 13.2. The van der Waals surface area contributed by atoms with Gasteiger partial charge in [0.2, 0.25) is 0 Å². The lowest BCUT2D eigenvalue weighted by Crippen LogP contribution is -2.62. The molecular formula is C30H52O6. The van der Waals surface area contributed by atoms with E-state index in [0.717, 1.165) is 50.5 Å². The molecule has 1 aromatic carbocycles. The fraction of sp³-hybridized carbons (Fsp3) is 0.767. The van der Waals surface area contributed by atoms with E-state index >= 15 is 0 Å². The summed E-state index contributed by atoms with van der Waals surface area (Å²) in [6.07, 6.45) is 2.59. The van der Waals surface area contributed by atoms with Crippen LogP contribution in [-0.4, -0.2) is 56.9 Å². The van der Waals surface area contributed by atoms with Crippen molar-refractivity contribution in [3.8, 4) is 0 Å². The molecule has 5 atom stereocenters. The molecule has 0 aliphatic rings. The van der Waals surface area contributed by atoms with Crippen LogP contribution in [0.3, 0.4) is 0 Å². The highest BCUT2D eigenvalue weighted by Crippen LogP contribution is 2.44. The number of ether oxygens (including phenoxy) is 1. The number of benzene rings is 1. The summed E-state index contributed by atoms with van der Waals surface area (Å²) in [6.45, 7) is 8.12. The average Bonchev–Trinajstić information content (AvgIpc) is 2.88. The van der Waals surface area contributed by atoms with Crippen molar-refractivity contribution in [2.24, 2.45) is 5.41 Å². The van der Waals surface area contributed by atoms with E-state index in [1.54, 1.807) is 0 Å². The Morgan fingerprint density at radius 3 is 1.56 bits per heavy atom. The van der Waals surface area contributed by atoms with Gasteiger partial charge in [-0.25, -0.2) is 4.79 Å². The molecule has 208 valence electrons. The minimum Gasteiger partial charge on any atom is -0.460 e. The number of unbranched alkanes of at least 4 members (excludes halogenated alkanes) is 4. The molecule has 0 radical (unpaired) electrons. The molecule has 1 rings (SSSR count). The van der Waals surface area contributed by atoms with Gasteiger partial charge < -0.3 is 25.2 Å². The lowest BCUT2D eigenvalue weighted by Gasteiger charge is -2.50. The zero-order chi connectivity index (χ0) is 27.0. The highest BCUT2D eigenvalue weighted by molar-refractivity contribution is 5.75. The molecule has 0 amide bonds. The molecule has 0 aliphatic heterocycles. The van der Waals surface area contributed by atoms with Gasteiger partial charge in [-0.15, -0.1) is 0 Å². The molecule has 5 unspecified atom stereocenters. The van der Waals surface area contributed by atoms with Crippen molar-refractivity contribution >= 4 is 5.97 Å². The van der Waals surface area contributed by atoms with Crippen molar-refractivity contribution < 1.29 is 30.0 Å². The van der Waals surface area contributed by atoms with Gasteiger partial charge in [0.05, 0.1) is 23.7 Å². The summed E-state index contributed by atoms with van der Waals surface area (Å²) in [6, 6.07) is 9.25. The van der Waals surface area contributed by atoms with Gasteiger partial charge in [-0.05, 0) is 31.2 Å². The van der Waals surface area contributed by atoms with Crippen LogP contribution in [0.4, 0.5) is 0 Å². The molecule has 36 heavy (non-hydrogen) atoms. The Kier molecular flexibility index (Phi) is 16.2. The predicted molar refractivity (Wildman–Crippen MR) is 145 cm³/mol. The van der Waals surface area contributed by atoms with E-state index in [4.69, 9.17) is 4.74 Å². The van der Waals surface area contributed by atoms with Crippen molar-refractivity contribution in [2.45, 2.75) is 142 Å². The average molecular weight is 509 g/mol. The second kappa shape index (κ2) is 17.9. The van der Waals surface area contributed by atoms with Gasteiger partial charge in [0.25, 0.3) is 0 Å². The van der Waals surface area contributed by atoms with Crippen LogP contribution in [0.1, 0.15) is 110 Å². The number of carbonyl (C=O) groups is 1. The minimum atomic E-state index is -1.42. The summed E-state index contributed by atoms with van der Waals surface area (Å²) in [5, 5.41) is 45.5. The maximum atomic E-state index is 13.2. The lowest BCUT2D eigenvalue weighted by molar-refractivity contribution is -0.219. The molecule has 0 saturated carbocycles. The van der Waals surface area contributed by atoms with Gasteiger partial charge in [0.1, 0.15) is 6.10 Å². The van der Waals surface area contributed by atoms with E-state index in [1.165, 1.54) is 0 Å². The first kappa shape index (κ1) is 32.6. The van der Waals surface area contributed by atoms with Crippen LogP contribution in [0.5, 0.6) is 0 Å². The SMILES string of the molecule is CCCCC(O)C(C(O)CCCC)(C(O)CCCC)C(CCCC)OC(=O)C(O)Cc1ccccc1. The van der Waals surface area contributed by atoms with Crippen LogP contribution in [0.25, 0.3) is 0 Å². The molecule has 0 heterocycles. The first-order valence-corrected chi connectivity index (χ1v) is 14.3. The fourth-order valence-electron chi connectivity index (χ4n) is 5.19. The van der Waals surface area contributed by atoms with E-state index in [0.29, 0.717) is 32.1 Å². The molecule has 0 bridgehead atoms. The summed E-state index contributed by atoms with van der Waals surface area (Å²) < 4.78 is 5.99. The Morgan fingerprint density at radius 1 is 0.722 bits per heavy atom. The standard InChI is InChI=1S/C30H52O6/c1-5-9-18-25(32)30(26(33)19-10-6-2,27(34)20-11-7-3)28(21-12-8-4)36-29(35)24(31)22-23-16-14-13-15-17-23/h13-17,24-28,31-34H,5-12,18-22H2,1-4H3. The quantitative estimate of drug-likeness (QED) is 0.177. The number of aliphatic hydroxyl groups is 4. The smallest absolute Gasteiger partial charge is 0.335 e. The van der Waals surface area contributed by atoms with Crippen LogP contribution < -0.4 is 0 Å². The normalized spacial score (nSPS) is 17.6. The van der Waals surface area contributed by atoms with Gasteiger partial charge in [-0.2, -0.15) is 0 Å². The van der Waals surface area contributed by atoms with Crippen molar-refractivity contribution in [1.29, 1.82) is 0 Å². The molecule has 6 nitrogen and oxygen atoms in total. The topological polar surface area (TPSA) is 107 Å². The van der Waals surface area contributed by atoms with E-state index in [1.807, 2.05) is 58.0 Å². The van der Waals surface area contributed by atoms with Crippen LogP contribution in [-0.2, 0) is 16.0 Å². The van der Waals surface area contributed by atoms with Crippen molar-refractivity contribution in [3.63, 3.8) is 0 Å². The van der Waals surface area contributed by atoms with Gasteiger partial charge in [0.15, 0.2) is 6.10 Å². The molecule has 0 saturated heterocycles. The molecule has 0 aromatic heterocycles. The van der Waals surface area contributed by atoms with Crippen LogP contribution in [0, 0.1) is 5.41 Å². The van der Waals surface area contributed by atoms with Crippen molar-refractivity contribution in [3.05, 3.63) is 35.9 Å². The van der Waals surface area contributed by atoms with E-state index in [9.17, 15) is 25.2 Å². The van der Waals surface area contributed by atoms with Crippen molar-refractivity contribution in [1.82, 2.24) is 0 Å². The Labute approximate surface area is 219 Å². The fourth-order valence-corrected chi connectivity index (χ4v) is 5.19. The van der Waals surface area contributed by atoms with Crippen LogP contribution >= 0.6 is 0 Å². The minimum absolute atomic E-state index is 0.113. The zero-order valence-electron chi connectivity index (χ0n) is 23.1. The Morgan fingerprint density at radius 2 is 1.14 bits per heavy atom. The lowest BCUT2D eigenvalue weighted by atomic mass is 9.63. The van der Waals surface area contributed by atoms with Gasteiger partial charge in [-0.1, -0.05) is 109 Å². The van der Waals surface area contributed by atoms with Crippen molar-refractivity contribution in [2.75, 3.05) is 0 Å². The number of rotatable bonds is 20. The van der Waals surface area contributed by atoms with Crippen LogP contribution in [0.2, 0.25) is 0 Å². The molecule has 6 heteroatoms.